The largest absolute Gasteiger partial charge is 0.491 e. The molecule has 2 aromatic rings. The maximum atomic E-state index is 13.1. The van der Waals surface area contributed by atoms with Crippen molar-refractivity contribution in [1.29, 1.82) is 0 Å². The summed E-state index contributed by atoms with van der Waals surface area (Å²) in [6.45, 7) is 5.76. The summed E-state index contributed by atoms with van der Waals surface area (Å²) in [5.41, 5.74) is 0.299. The maximum Gasteiger partial charge on any atom is 0.419 e. The van der Waals surface area contributed by atoms with Crippen molar-refractivity contribution in [2.45, 2.75) is 38.5 Å². The van der Waals surface area contributed by atoms with Gasteiger partial charge in [0.05, 0.1) is 17.8 Å². The third kappa shape index (κ3) is 7.40. The van der Waals surface area contributed by atoms with Crippen molar-refractivity contribution in [3.63, 3.8) is 0 Å². The van der Waals surface area contributed by atoms with Crippen molar-refractivity contribution in [2.24, 2.45) is 4.99 Å². The Hall–Kier alpha value is -2.81. The van der Waals surface area contributed by atoms with E-state index in [-0.39, 0.29) is 18.9 Å². The van der Waals surface area contributed by atoms with Crippen molar-refractivity contribution in [3.8, 4) is 5.75 Å². The number of halogens is 3. The van der Waals surface area contributed by atoms with Gasteiger partial charge in [0.15, 0.2) is 5.96 Å². The number of nitrogens with one attached hydrogen (secondary N) is 2. The molecular weight excluding hydrogens is 419 g/mol. The Morgan fingerprint density at radius 3 is 2.59 bits per heavy atom. The molecule has 1 fully saturated rings. The van der Waals surface area contributed by atoms with Crippen LogP contribution < -0.4 is 15.4 Å². The molecule has 0 unspecified atom stereocenters. The summed E-state index contributed by atoms with van der Waals surface area (Å²) in [7, 11) is 0. The number of likely N-dealkylation sites (tertiary alicyclic amines) is 1. The summed E-state index contributed by atoms with van der Waals surface area (Å²) >= 11 is 0. The summed E-state index contributed by atoms with van der Waals surface area (Å²) in [5, 5.41) is 6.63. The van der Waals surface area contributed by atoms with Crippen molar-refractivity contribution >= 4 is 5.96 Å². The first kappa shape index (κ1) is 23.8. The van der Waals surface area contributed by atoms with Crippen LogP contribution in [0.25, 0.3) is 0 Å². The van der Waals surface area contributed by atoms with E-state index in [9.17, 15) is 13.2 Å². The van der Waals surface area contributed by atoms with Gasteiger partial charge in [-0.1, -0.05) is 18.2 Å². The molecule has 2 heterocycles. The summed E-state index contributed by atoms with van der Waals surface area (Å²) in [6, 6.07) is 11.5. The van der Waals surface area contributed by atoms with E-state index in [4.69, 9.17) is 4.74 Å². The second-order valence-corrected chi connectivity index (χ2v) is 7.62. The molecule has 1 aromatic carbocycles. The van der Waals surface area contributed by atoms with Crippen LogP contribution in [0.15, 0.2) is 53.7 Å². The highest BCUT2D eigenvalue weighted by molar-refractivity contribution is 5.80. The van der Waals surface area contributed by atoms with Gasteiger partial charge in [0.2, 0.25) is 0 Å². The number of hydrogen-bond acceptors (Lipinski definition) is 4. The summed E-state index contributed by atoms with van der Waals surface area (Å²) in [4.78, 5) is 11.2. The number of piperidine rings is 1. The van der Waals surface area contributed by atoms with Gasteiger partial charge in [-0.2, -0.15) is 13.2 Å². The first-order chi connectivity index (χ1) is 15.5. The van der Waals surface area contributed by atoms with Crippen LogP contribution in [0.2, 0.25) is 0 Å². The highest BCUT2D eigenvalue weighted by Crippen LogP contribution is 2.35. The number of hydrogen-bond donors (Lipinski definition) is 2. The Bertz CT molecular complexity index is 852. The Kier molecular flexibility index (Phi) is 8.72. The van der Waals surface area contributed by atoms with E-state index in [0.29, 0.717) is 18.5 Å². The molecule has 0 amide bonds. The maximum absolute atomic E-state index is 13.1. The lowest BCUT2D eigenvalue weighted by atomic mass is 10.0. The average molecular weight is 450 g/mol. The zero-order chi connectivity index (χ0) is 22.8. The molecule has 6 nitrogen and oxygen atoms in total. The number of rotatable bonds is 8. The summed E-state index contributed by atoms with van der Waals surface area (Å²) < 4.78 is 44.5. The van der Waals surface area contributed by atoms with E-state index in [0.717, 1.165) is 44.2 Å². The first-order valence-electron chi connectivity index (χ1n) is 10.9. The number of aliphatic imine (C=N–C) groups is 1. The van der Waals surface area contributed by atoms with Gasteiger partial charge in [0, 0.05) is 38.4 Å². The molecule has 32 heavy (non-hydrogen) atoms. The lowest BCUT2D eigenvalue weighted by Crippen LogP contribution is -2.48. The molecule has 1 aliphatic rings. The lowest BCUT2D eigenvalue weighted by molar-refractivity contribution is -0.138. The van der Waals surface area contributed by atoms with Gasteiger partial charge in [0.1, 0.15) is 12.4 Å². The molecule has 0 aliphatic carbocycles. The molecule has 0 atom stereocenters. The fourth-order valence-corrected chi connectivity index (χ4v) is 3.61. The topological polar surface area (TPSA) is 61.8 Å². The van der Waals surface area contributed by atoms with Crippen LogP contribution in [-0.4, -0.2) is 54.7 Å². The predicted octanol–water partition coefficient (Wildman–Crippen LogP) is 3.70. The van der Waals surface area contributed by atoms with E-state index in [1.807, 2.05) is 31.3 Å². The first-order valence-corrected chi connectivity index (χ1v) is 10.9. The van der Waals surface area contributed by atoms with Gasteiger partial charge >= 0.3 is 6.18 Å². The highest BCUT2D eigenvalue weighted by atomic mass is 19.4. The molecule has 2 N–H and O–H groups in total. The van der Waals surface area contributed by atoms with Crippen LogP contribution in [-0.2, 0) is 12.7 Å². The molecule has 1 saturated heterocycles. The number of para-hydroxylation sites is 1. The normalized spacial score (nSPS) is 16.1. The van der Waals surface area contributed by atoms with E-state index >= 15 is 0 Å². The third-order valence-electron chi connectivity index (χ3n) is 5.20. The average Bonchev–Trinajstić information content (AvgIpc) is 2.78. The number of ether oxygens (including phenoxy) is 1. The number of alkyl halides is 3. The number of aromatic nitrogens is 1. The fraction of sp³-hybridized carbons (Fsp3) is 0.478. The van der Waals surface area contributed by atoms with Crippen LogP contribution in [0.1, 0.15) is 31.0 Å². The van der Waals surface area contributed by atoms with Crippen LogP contribution in [0.3, 0.4) is 0 Å². The Morgan fingerprint density at radius 2 is 1.91 bits per heavy atom. The quantitative estimate of drug-likeness (QED) is 0.366. The standard InChI is InChI=1S/C23H30F3N5O/c1-2-27-22(29-13-16-32-21-9-4-3-8-20(21)23(24,25)26)30-18-10-14-31(15-11-18)17-19-7-5-6-12-28-19/h3-9,12,18H,2,10-11,13-17H2,1H3,(H2,27,29,30). The van der Waals surface area contributed by atoms with Gasteiger partial charge in [-0.15, -0.1) is 0 Å². The van der Waals surface area contributed by atoms with Crippen molar-refractivity contribution in [3.05, 3.63) is 59.9 Å². The van der Waals surface area contributed by atoms with Gasteiger partial charge in [-0.05, 0) is 44.0 Å². The minimum absolute atomic E-state index is 0.0617. The Balaban J connectivity index is 1.45. The Morgan fingerprint density at radius 1 is 1.16 bits per heavy atom. The van der Waals surface area contributed by atoms with Gasteiger partial charge < -0.3 is 15.4 Å². The SMILES string of the molecule is CCNC(=NCCOc1ccccc1C(F)(F)F)NC1CCN(Cc2ccccn2)CC1. The van der Waals surface area contributed by atoms with Crippen LogP contribution >= 0.6 is 0 Å². The highest BCUT2D eigenvalue weighted by Gasteiger charge is 2.33. The smallest absolute Gasteiger partial charge is 0.419 e. The predicted molar refractivity (Wildman–Crippen MR) is 119 cm³/mol. The number of benzene rings is 1. The summed E-state index contributed by atoms with van der Waals surface area (Å²) in [6.07, 6.45) is -0.671. The number of nitrogens with zero attached hydrogens (tertiary/aromatic N) is 3. The molecular formula is C23H30F3N5O. The van der Waals surface area contributed by atoms with E-state index in [1.54, 1.807) is 0 Å². The van der Waals surface area contributed by atoms with Crippen molar-refractivity contribution in [2.75, 3.05) is 32.8 Å². The third-order valence-corrected chi connectivity index (χ3v) is 5.20. The molecule has 0 spiro atoms. The zero-order valence-electron chi connectivity index (χ0n) is 18.2. The number of pyridine rings is 1. The second kappa shape index (κ2) is 11.7. The second-order valence-electron chi connectivity index (χ2n) is 7.62. The van der Waals surface area contributed by atoms with E-state index in [2.05, 4.69) is 25.5 Å². The lowest BCUT2D eigenvalue weighted by Gasteiger charge is -2.32. The minimum atomic E-state index is -4.44. The number of guanidine groups is 1. The van der Waals surface area contributed by atoms with Gasteiger partial charge in [0.25, 0.3) is 0 Å². The molecule has 0 radical (unpaired) electrons. The van der Waals surface area contributed by atoms with Crippen LogP contribution in [0, 0.1) is 0 Å². The molecule has 0 saturated carbocycles. The fourth-order valence-electron chi connectivity index (χ4n) is 3.61. The molecule has 1 aromatic heterocycles. The zero-order valence-corrected chi connectivity index (χ0v) is 18.2. The Labute approximate surface area is 186 Å². The monoisotopic (exact) mass is 449 g/mol. The molecule has 1 aliphatic heterocycles. The summed E-state index contributed by atoms with van der Waals surface area (Å²) in [5.74, 6) is 0.483. The molecule has 9 heteroatoms. The van der Waals surface area contributed by atoms with Crippen LogP contribution in [0.4, 0.5) is 13.2 Å². The van der Waals surface area contributed by atoms with E-state index in [1.165, 1.54) is 18.2 Å². The molecule has 0 bridgehead atoms. The van der Waals surface area contributed by atoms with E-state index < -0.39 is 11.7 Å². The van der Waals surface area contributed by atoms with Crippen molar-refractivity contribution < 1.29 is 17.9 Å². The van der Waals surface area contributed by atoms with Gasteiger partial charge in [-0.3, -0.25) is 9.88 Å². The van der Waals surface area contributed by atoms with Gasteiger partial charge in [-0.25, -0.2) is 4.99 Å². The minimum Gasteiger partial charge on any atom is -0.491 e. The van der Waals surface area contributed by atoms with Crippen molar-refractivity contribution in [1.82, 2.24) is 20.5 Å². The molecule has 3 rings (SSSR count). The molecule has 174 valence electrons. The van der Waals surface area contributed by atoms with Crippen LogP contribution in [0.5, 0.6) is 5.75 Å².